The van der Waals surface area contributed by atoms with Gasteiger partial charge in [-0.2, -0.15) is 0 Å². The molecule has 0 atom stereocenters. The molecule has 0 nitrogen and oxygen atoms in total. The lowest BCUT2D eigenvalue weighted by Crippen LogP contribution is -1.80. The molecule has 1 heterocycles. The molecule has 0 fully saturated rings. The molecule has 1 rings (SSSR count). The molecule has 0 aliphatic rings. The molecular weight excluding hydrogens is 140 g/mol. The summed E-state index contributed by atoms with van der Waals surface area (Å²) in [7, 11) is 0. The molecule has 0 saturated carbocycles. The van der Waals surface area contributed by atoms with E-state index in [1.165, 1.54) is 24.8 Å². The fourth-order valence-corrected chi connectivity index (χ4v) is 1.95. The van der Waals surface area contributed by atoms with Crippen molar-refractivity contribution in [2.24, 2.45) is 0 Å². The van der Waals surface area contributed by atoms with Crippen LogP contribution in [0.3, 0.4) is 0 Å². The Morgan fingerprint density at radius 1 is 1.50 bits per heavy atom. The summed E-state index contributed by atoms with van der Waals surface area (Å²) < 4.78 is 0. The third kappa shape index (κ3) is 1.84. The van der Waals surface area contributed by atoms with Gasteiger partial charge in [0.15, 0.2) is 0 Å². The number of aryl methyl sites for hydroxylation is 2. The van der Waals surface area contributed by atoms with Crippen molar-refractivity contribution in [1.82, 2.24) is 0 Å². The average molecular weight is 154 g/mol. The quantitative estimate of drug-likeness (QED) is 0.626. The second-order valence-electron chi connectivity index (χ2n) is 2.63. The van der Waals surface area contributed by atoms with Crippen molar-refractivity contribution in [2.75, 3.05) is 0 Å². The monoisotopic (exact) mass is 154 g/mol. The fraction of sp³-hybridized carbons (Fsp3) is 0.556. The van der Waals surface area contributed by atoms with Crippen LogP contribution in [0.5, 0.6) is 0 Å². The molecule has 0 amide bonds. The lowest BCUT2D eigenvalue weighted by Gasteiger charge is -1.95. The van der Waals surface area contributed by atoms with Crippen LogP contribution in [-0.4, -0.2) is 0 Å². The van der Waals surface area contributed by atoms with Crippen LogP contribution in [0.4, 0.5) is 0 Å². The van der Waals surface area contributed by atoms with Crippen LogP contribution < -0.4 is 0 Å². The zero-order valence-electron chi connectivity index (χ0n) is 6.68. The molecule has 0 saturated heterocycles. The zero-order chi connectivity index (χ0) is 7.40. The van der Waals surface area contributed by atoms with E-state index >= 15 is 0 Å². The Labute approximate surface area is 66.9 Å². The van der Waals surface area contributed by atoms with Crippen molar-refractivity contribution in [3.63, 3.8) is 0 Å². The minimum absolute atomic E-state index is 1.28. The normalized spacial score (nSPS) is 10.2. The number of thiophene rings is 1. The molecule has 0 radical (unpaired) electrons. The van der Waals surface area contributed by atoms with Crippen molar-refractivity contribution >= 4 is 11.3 Å². The minimum Gasteiger partial charge on any atom is -0.149 e. The Balaban J connectivity index is 2.49. The lowest BCUT2D eigenvalue weighted by atomic mass is 10.2. The fourth-order valence-electron chi connectivity index (χ4n) is 0.998. The molecule has 0 unspecified atom stereocenters. The van der Waals surface area contributed by atoms with Gasteiger partial charge in [-0.05, 0) is 36.8 Å². The van der Waals surface area contributed by atoms with Gasteiger partial charge in [0.1, 0.15) is 0 Å². The molecule has 1 aromatic heterocycles. The molecule has 0 bridgehead atoms. The first-order chi connectivity index (χ1) is 4.84. The largest absolute Gasteiger partial charge is 0.149 e. The summed E-state index contributed by atoms with van der Waals surface area (Å²) in [6, 6.07) is 2.20. The molecule has 10 heavy (non-hydrogen) atoms. The van der Waals surface area contributed by atoms with Crippen molar-refractivity contribution < 1.29 is 0 Å². The summed E-state index contributed by atoms with van der Waals surface area (Å²) in [6.45, 7) is 4.43. The maximum Gasteiger partial charge on any atom is 0.00743 e. The Morgan fingerprint density at radius 3 is 2.80 bits per heavy atom. The number of hydrogen-bond acceptors (Lipinski definition) is 1. The van der Waals surface area contributed by atoms with Crippen LogP contribution in [0.25, 0.3) is 0 Å². The van der Waals surface area contributed by atoms with E-state index in [0.717, 1.165) is 0 Å². The summed E-state index contributed by atoms with van der Waals surface area (Å²) in [5, 5.41) is 2.18. The molecule has 0 aliphatic heterocycles. The topological polar surface area (TPSA) is 0 Å². The third-order valence-corrected chi connectivity index (χ3v) is 2.81. The van der Waals surface area contributed by atoms with E-state index in [9.17, 15) is 0 Å². The van der Waals surface area contributed by atoms with Crippen molar-refractivity contribution in [1.29, 1.82) is 0 Å². The van der Waals surface area contributed by atoms with E-state index in [0.29, 0.717) is 0 Å². The number of hydrogen-bond donors (Lipinski definition) is 0. The van der Waals surface area contributed by atoms with E-state index in [1.54, 1.807) is 4.88 Å². The Morgan fingerprint density at radius 2 is 2.30 bits per heavy atom. The van der Waals surface area contributed by atoms with Gasteiger partial charge in [0, 0.05) is 4.88 Å². The first-order valence-electron chi connectivity index (χ1n) is 3.87. The van der Waals surface area contributed by atoms with E-state index in [-0.39, 0.29) is 0 Å². The molecule has 0 spiro atoms. The summed E-state index contributed by atoms with van der Waals surface area (Å²) in [4.78, 5) is 1.57. The number of rotatable bonds is 3. The zero-order valence-corrected chi connectivity index (χ0v) is 7.50. The van der Waals surface area contributed by atoms with Gasteiger partial charge < -0.3 is 0 Å². The van der Waals surface area contributed by atoms with Gasteiger partial charge >= 0.3 is 0 Å². The Hall–Kier alpha value is -0.300. The molecule has 0 N–H and O–H groups in total. The van der Waals surface area contributed by atoms with Crippen molar-refractivity contribution in [2.45, 2.75) is 33.1 Å². The maximum atomic E-state index is 2.24. The van der Waals surface area contributed by atoms with Gasteiger partial charge in [0.2, 0.25) is 0 Å². The average Bonchev–Trinajstić information content (AvgIpc) is 2.31. The van der Waals surface area contributed by atoms with Crippen LogP contribution in [0.1, 0.15) is 30.2 Å². The van der Waals surface area contributed by atoms with Crippen LogP contribution >= 0.6 is 11.3 Å². The highest BCUT2D eigenvalue weighted by Crippen LogP contribution is 2.17. The van der Waals surface area contributed by atoms with Gasteiger partial charge in [0.05, 0.1) is 0 Å². The summed E-state index contributed by atoms with van der Waals surface area (Å²) in [5.74, 6) is 0. The Bertz CT molecular complexity index is 188. The van der Waals surface area contributed by atoms with E-state index in [4.69, 9.17) is 0 Å². The van der Waals surface area contributed by atoms with Crippen LogP contribution in [0, 0.1) is 6.92 Å². The molecular formula is C9H14S. The predicted octanol–water partition coefficient (Wildman–Crippen LogP) is 3.40. The SMILES string of the molecule is CCCCc1sccc1C. The lowest BCUT2D eigenvalue weighted by molar-refractivity contribution is 0.801. The van der Waals surface area contributed by atoms with Gasteiger partial charge in [-0.15, -0.1) is 11.3 Å². The van der Waals surface area contributed by atoms with Gasteiger partial charge in [-0.25, -0.2) is 0 Å². The van der Waals surface area contributed by atoms with Crippen LogP contribution in [0.15, 0.2) is 11.4 Å². The van der Waals surface area contributed by atoms with Gasteiger partial charge in [-0.1, -0.05) is 13.3 Å². The van der Waals surface area contributed by atoms with Crippen molar-refractivity contribution in [3.05, 3.63) is 21.9 Å². The Kier molecular flexibility index (Phi) is 2.94. The highest BCUT2D eigenvalue weighted by atomic mass is 32.1. The predicted molar refractivity (Wildman–Crippen MR) is 47.7 cm³/mol. The maximum absolute atomic E-state index is 2.24. The molecule has 0 aromatic carbocycles. The standard InChI is InChI=1S/C9H14S/c1-3-4-5-9-8(2)6-7-10-9/h6-7H,3-5H2,1-2H3. The first kappa shape index (κ1) is 7.80. The second kappa shape index (κ2) is 3.77. The third-order valence-electron chi connectivity index (χ3n) is 1.73. The van der Waals surface area contributed by atoms with Crippen LogP contribution in [-0.2, 0) is 6.42 Å². The van der Waals surface area contributed by atoms with E-state index in [1.807, 2.05) is 11.3 Å². The smallest absolute Gasteiger partial charge is 0.00743 e. The van der Waals surface area contributed by atoms with Crippen LogP contribution in [0.2, 0.25) is 0 Å². The molecule has 0 aliphatic carbocycles. The van der Waals surface area contributed by atoms with Gasteiger partial charge in [0.25, 0.3) is 0 Å². The number of unbranched alkanes of at least 4 members (excludes halogenated alkanes) is 1. The minimum atomic E-state index is 1.28. The second-order valence-corrected chi connectivity index (χ2v) is 3.63. The van der Waals surface area contributed by atoms with Gasteiger partial charge in [-0.3, -0.25) is 0 Å². The first-order valence-corrected chi connectivity index (χ1v) is 4.75. The highest BCUT2D eigenvalue weighted by Gasteiger charge is 1.96. The molecule has 56 valence electrons. The summed E-state index contributed by atoms with van der Waals surface area (Å²) in [5.41, 5.74) is 1.47. The summed E-state index contributed by atoms with van der Waals surface area (Å²) >= 11 is 1.89. The molecule has 1 heteroatoms. The highest BCUT2D eigenvalue weighted by molar-refractivity contribution is 7.10. The van der Waals surface area contributed by atoms with E-state index in [2.05, 4.69) is 25.3 Å². The van der Waals surface area contributed by atoms with Crippen molar-refractivity contribution in [3.8, 4) is 0 Å². The van der Waals surface area contributed by atoms with E-state index < -0.39 is 0 Å². The summed E-state index contributed by atoms with van der Waals surface area (Å²) in [6.07, 6.45) is 3.92. The molecule has 1 aromatic rings.